The highest BCUT2D eigenvalue weighted by molar-refractivity contribution is 7.89. The predicted molar refractivity (Wildman–Crippen MR) is 89.1 cm³/mol. The van der Waals surface area contributed by atoms with Gasteiger partial charge in [-0.05, 0) is 50.9 Å². The molecule has 0 aliphatic carbocycles. The maximum absolute atomic E-state index is 12.4. The van der Waals surface area contributed by atoms with E-state index in [2.05, 4.69) is 10.0 Å². The SMILES string of the molecule is CC(NS(=O)(=O)c1cccc(Cl)c1Cl)C1CCCNC1.Cl. The summed E-state index contributed by atoms with van der Waals surface area (Å²) in [5, 5.41) is 3.58. The zero-order chi connectivity index (χ0) is 14.8. The van der Waals surface area contributed by atoms with Gasteiger partial charge in [-0.15, -0.1) is 12.4 Å². The number of rotatable bonds is 4. The van der Waals surface area contributed by atoms with E-state index >= 15 is 0 Å². The molecule has 2 rings (SSSR count). The number of hydrogen-bond donors (Lipinski definition) is 2. The molecule has 8 heteroatoms. The smallest absolute Gasteiger partial charge is 0.242 e. The number of hydrogen-bond acceptors (Lipinski definition) is 3. The second-order valence-corrected chi connectivity index (χ2v) is 7.54. The third kappa shape index (κ3) is 4.71. The molecule has 1 aromatic rings. The van der Waals surface area contributed by atoms with Gasteiger partial charge in [-0.1, -0.05) is 29.3 Å². The van der Waals surface area contributed by atoms with Crippen molar-refractivity contribution < 1.29 is 8.42 Å². The Labute approximate surface area is 142 Å². The van der Waals surface area contributed by atoms with Gasteiger partial charge in [0.15, 0.2) is 0 Å². The summed E-state index contributed by atoms with van der Waals surface area (Å²) in [7, 11) is -3.66. The molecule has 1 fully saturated rings. The van der Waals surface area contributed by atoms with Gasteiger partial charge in [0.05, 0.1) is 10.0 Å². The minimum atomic E-state index is -3.66. The largest absolute Gasteiger partial charge is 0.316 e. The van der Waals surface area contributed by atoms with E-state index in [0.29, 0.717) is 0 Å². The molecule has 0 amide bonds. The van der Waals surface area contributed by atoms with Crippen LogP contribution in [0.15, 0.2) is 23.1 Å². The molecule has 1 aliphatic rings. The first kappa shape index (κ1) is 19.0. The number of benzene rings is 1. The summed E-state index contributed by atoms with van der Waals surface area (Å²) < 4.78 is 27.5. The molecule has 2 atom stereocenters. The maximum atomic E-state index is 12.4. The van der Waals surface area contributed by atoms with E-state index in [-0.39, 0.29) is 39.3 Å². The van der Waals surface area contributed by atoms with Crippen LogP contribution in [0.5, 0.6) is 0 Å². The summed E-state index contributed by atoms with van der Waals surface area (Å²) in [4.78, 5) is 0.0299. The van der Waals surface area contributed by atoms with E-state index in [9.17, 15) is 8.42 Å². The summed E-state index contributed by atoms with van der Waals surface area (Å²) in [6.07, 6.45) is 2.08. The topological polar surface area (TPSA) is 58.2 Å². The van der Waals surface area contributed by atoms with Crippen molar-refractivity contribution in [1.82, 2.24) is 10.0 Å². The Bertz CT molecular complexity index is 575. The fourth-order valence-electron chi connectivity index (χ4n) is 2.40. The minimum absolute atomic E-state index is 0. The predicted octanol–water partition coefficient (Wildman–Crippen LogP) is 3.08. The summed E-state index contributed by atoms with van der Waals surface area (Å²) in [6.45, 7) is 3.71. The number of halogens is 3. The molecule has 4 nitrogen and oxygen atoms in total. The molecule has 1 aromatic carbocycles. The molecular weight excluding hydrogens is 355 g/mol. The van der Waals surface area contributed by atoms with Crippen molar-refractivity contribution in [2.45, 2.75) is 30.7 Å². The van der Waals surface area contributed by atoms with Crippen LogP contribution in [0.25, 0.3) is 0 Å². The average Bonchev–Trinajstić information content (AvgIpc) is 2.42. The first-order valence-electron chi connectivity index (χ1n) is 6.59. The molecule has 0 aromatic heterocycles. The molecule has 21 heavy (non-hydrogen) atoms. The molecule has 1 saturated heterocycles. The first-order valence-corrected chi connectivity index (χ1v) is 8.83. The quantitative estimate of drug-likeness (QED) is 0.852. The molecule has 1 heterocycles. The fourth-order valence-corrected chi connectivity index (χ4v) is 4.48. The first-order chi connectivity index (χ1) is 9.42. The zero-order valence-corrected chi connectivity index (χ0v) is 14.7. The van der Waals surface area contributed by atoms with E-state index < -0.39 is 10.0 Å². The Hall–Kier alpha value is -0.0400. The molecule has 0 saturated carbocycles. The van der Waals surface area contributed by atoms with Crippen molar-refractivity contribution in [2.24, 2.45) is 5.92 Å². The Morgan fingerprint density at radius 2 is 2.10 bits per heavy atom. The van der Waals surface area contributed by atoms with Gasteiger partial charge in [0.2, 0.25) is 10.0 Å². The van der Waals surface area contributed by atoms with E-state index in [4.69, 9.17) is 23.2 Å². The zero-order valence-electron chi connectivity index (χ0n) is 11.6. The number of sulfonamides is 1. The monoisotopic (exact) mass is 372 g/mol. The van der Waals surface area contributed by atoms with Crippen LogP contribution in [0.4, 0.5) is 0 Å². The lowest BCUT2D eigenvalue weighted by Gasteiger charge is -2.28. The molecule has 0 radical (unpaired) electrons. The lowest BCUT2D eigenvalue weighted by molar-refractivity contribution is 0.320. The van der Waals surface area contributed by atoms with E-state index in [1.807, 2.05) is 6.92 Å². The van der Waals surface area contributed by atoms with Gasteiger partial charge in [-0.3, -0.25) is 0 Å². The summed E-state index contributed by atoms with van der Waals surface area (Å²) in [6, 6.07) is 4.46. The molecule has 2 N–H and O–H groups in total. The third-order valence-electron chi connectivity index (χ3n) is 3.59. The van der Waals surface area contributed by atoms with Crippen molar-refractivity contribution in [3.63, 3.8) is 0 Å². The van der Waals surface area contributed by atoms with Crippen LogP contribution in [0.1, 0.15) is 19.8 Å². The van der Waals surface area contributed by atoms with Crippen LogP contribution < -0.4 is 10.0 Å². The van der Waals surface area contributed by atoms with Gasteiger partial charge < -0.3 is 5.32 Å². The van der Waals surface area contributed by atoms with Crippen LogP contribution in [-0.4, -0.2) is 27.5 Å². The normalized spacial score (nSPS) is 20.6. The lowest BCUT2D eigenvalue weighted by Crippen LogP contribution is -2.44. The maximum Gasteiger partial charge on any atom is 0.242 e. The molecule has 0 bridgehead atoms. The van der Waals surface area contributed by atoms with Gasteiger partial charge in [0, 0.05) is 6.04 Å². The molecule has 2 unspecified atom stereocenters. The van der Waals surface area contributed by atoms with E-state index in [1.54, 1.807) is 12.1 Å². The van der Waals surface area contributed by atoms with Crippen LogP contribution >= 0.6 is 35.6 Å². The van der Waals surface area contributed by atoms with Crippen molar-refractivity contribution in [2.75, 3.05) is 13.1 Å². The minimum Gasteiger partial charge on any atom is -0.316 e. The molecular formula is C13H19Cl3N2O2S. The summed E-state index contributed by atoms with van der Waals surface area (Å²) >= 11 is 11.9. The van der Waals surface area contributed by atoms with Gasteiger partial charge in [0.25, 0.3) is 0 Å². The molecule has 1 aliphatic heterocycles. The van der Waals surface area contributed by atoms with Crippen molar-refractivity contribution >= 4 is 45.6 Å². The Kier molecular flexibility index (Phi) is 7.24. The summed E-state index contributed by atoms with van der Waals surface area (Å²) in [5.41, 5.74) is 0. The second kappa shape index (κ2) is 7.99. The third-order valence-corrected chi connectivity index (χ3v) is 6.12. The van der Waals surface area contributed by atoms with Gasteiger partial charge in [-0.2, -0.15) is 0 Å². The molecule has 120 valence electrons. The lowest BCUT2D eigenvalue weighted by atomic mass is 9.94. The van der Waals surface area contributed by atoms with Gasteiger partial charge >= 0.3 is 0 Å². The highest BCUT2D eigenvalue weighted by Gasteiger charge is 2.26. The Balaban J connectivity index is 0.00000220. The average molecular weight is 374 g/mol. The van der Waals surface area contributed by atoms with Crippen LogP contribution in [0.3, 0.4) is 0 Å². The van der Waals surface area contributed by atoms with Crippen LogP contribution in [-0.2, 0) is 10.0 Å². The Morgan fingerprint density at radius 1 is 1.38 bits per heavy atom. The highest BCUT2D eigenvalue weighted by Crippen LogP contribution is 2.29. The van der Waals surface area contributed by atoms with Crippen molar-refractivity contribution in [1.29, 1.82) is 0 Å². The number of piperidine rings is 1. The van der Waals surface area contributed by atoms with E-state index in [1.165, 1.54) is 6.07 Å². The van der Waals surface area contributed by atoms with Crippen molar-refractivity contribution in [3.05, 3.63) is 28.2 Å². The highest BCUT2D eigenvalue weighted by atomic mass is 35.5. The standard InChI is InChI=1S/C13H18Cl2N2O2S.ClH/c1-9(10-4-3-7-16-8-10)17-20(18,19)12-6-2-5-11(14)13(12)15;/h2,5-6,9-10,16-17H,3-4,7-8H2,1H3;1H. The van der Waals surface area contributed by atoms with Crippen LogP contribution in [0, 0.1) is 5.92 Å². The van der Waals surface area contributed by atoms with E-state index in [0.717, 1.165) is 25.9 Å². The second-order valence-electron chi connectivity index (χ2n) is 5.07. The van der Waals surface area contributed by atoms with Gasteiger partial charge in [0.1, 0.15) is 4.90 Å². The number of nitrogens with one attached hydrogen (secondary N) is 2. The summed E-state index contributed by atoms with van der Waals surface area (Å²) in [5.74, 6) is 0.288. The van der Waals surface area contributed by atoms with Crippen molar-refractivity contribution in [3.8, 4) is 0 Å². The Morgan fingerprint density at radius 3 is 2.71 bits per heavy atom. The molecule has 0 spiro atoms. The fraction of sp³-hybridized carbons (Fsp3) is 0.538. The van der Waals surface area contributed by atoms with Gasteiger partial charge in [-0.25, -0.2) is 13.1 Å². The van der Waals surface area contributed by atoms with Crippen LogP contribution in [0.2, 0.25) is 10.0 Å².